The van der Waals surface area contributed by atoms with Crippen LogP contribution in [0, 0.1) is 12.8 Å². The number of alkyl carbamates (subject to hydrolysis) is 1. The molecule has 9 nitrogen and oxygen atoms in total. The topological polar surface area (TPSA) is 113 Å². The van der Waals surface area contributed by atoms with E-state index in [1.807, 2.05) is 20.8 Å². The number of methoxy groups -OCH3 is 2. The molecule has 1 aromatic rings. The van der Waals surface area contributed by atoms with Gasteiger partial charge in [0.05, 0.1) is 7.11 Å². The SMILES string of the molecule is CC(C)=O.CC1CC1.CCCC.CCOC.CCOCC.CNC(=O)OC.Cc1nnco1. The third-order valence-electron chi connectivity index (χ3n) is 2.92. The van der Waals surface area contributed by atoms with Crippen LogP contribution in [-0.4, -0.2) is 63.2 Å². The Morgan fingerprint density at radius 3 is 1.45 bits per heavy atom. The van der Waals surface area contributed by atoms with E-state index in [2.05, 4.69) is 50.2 Å². The molecule has 0 radical (unpaired) electrons. The fourth-order valence-electron chi connectivity index (χ4n) is 0.701. The number of nitrogens with zero attached hydrogens (tertiary/aromatic N) is 2. The third-order valence-corrected chi connectivity index (χ3v) is 2.92. The van der Waals surface area contributed by atoms with Crippen molar-refractivity contribution in [2.45, 2.75) is 88.0 Å². The molecule has 1 aliphatic rings. The number of Topliss-reactive ketones (excluding diaryl/α,β-unsaturated/α-hetero) is 1. The Kier molecular flexibility index (Phi) is 50.5. The van der Waals surface area contributed by atoms with Gasteiger partial charge in [-0.15, -0.1) is 10.2 Å². The van der Waals surface area contributed by atoms with E-state index in [0.29, 0.717) is 5.89 Å². The largest absolute Gasteiger partial charge is 0.453 e. The van der Waals surface area contributed by atoms with E-state index in [0.717, 1.165) is 25.7 Å². The second-order valence-corrected chi connectivity index (χ2v) is 6.65. The Hall–Kier alpha value is -2.00. The summed E-state index contributed by atoms with van der Waals surface area (Å²) in [5, 5.41) is 9.16. The van der Waals surface area contributed by atoms with Gasteiger partial charge < -0.3 is 28.7 Å². The van der Waals surface area contributed by atoms with E-state index in [4.69, 9.17) is 4.74 Å². The summed E-state index contributed by atoms with van der Waals surface area (Å²) in [6.07, 6.45) is 6.50. The van der Waals surface area contributed by atoms with Crippen molar-refractivity contribution in [3.05, 3.63) is 12.3 Å². The van der Waals surface area contributed by atoms with E-state index < -0.39 is 6.09 Å². The summed E-state index contributed by atoms with van der Waals surface area (Å²) in [6, 6.07) is 0. The lowest BCUT2D eigenvalue weighted by Gasteiger charge is -1.90. The Morgan fingerprint density at radius 2 is 1.42 bits per heavy atom. The summed E-state index contributed by atoms with van der Waals surface area (Å²) in [7, 11) is 4.50. The average Bonchev–Trinajstić information content (AvgIpc) is 3.44. The highest BCUT2D eigenvalue weighted by Gasteiger charge is 2.12. The number of aromatic nitrogens is 2. The molecule has 2 rings (SSSR count). The third kappa shape index (κ3) is 91.9. The molecular formula is C24H53N3O6. The van der Waals surface area contributed by atoms with Crippen molar-refractivity contribution < 1.29 is 28.2 Å². The summed E-state index contributed by atoms with van der Waals surface area (Å²) < 4.78 is 18.1. The lowest BCUT2D eigenvalue weighted by atomic mass is 10.4. The minimum atomic E-state index is -0.407. The average molecular weight is 480 g/mol. The van der Waals surface area contributed by atoms with Gasteiger partial charge in [0.1, 0.15) is 5.78 Å². The zero-order valence-corrected chi connectivity index (χ0v) is 23.4. The highest BCUT2D eigenvalue weighted by atomic mass is 16.5. The van der Waals surface area contributed by atoms with E-state index in [1.165, 1.54) is 60.1 Å². The van der Waals surface area contributed by atoms with E-state index in [-0.39, 0.29) is 5.78 Å². The minimum Gasteiger partial charge on any atom is -0.453 e. The normalized spacial score (nSPS) is 9.94. The Balaban J connectivity index is -0.0000000932. The summed E-state index contributed by atoms with van der Waals surface area (Å²) >= 11 is 0. The molecule has 1 heterocycles. The van der Waals surface area contributed by atoms with Crippen LogP contribution >= 0.6 is 0 Å². The molecule has 0 saturated heterocycles. The van der Waals surface area contributed by atoms with Crippen molar-refractivity contribution in [1.29, 1.82) is 0 Å². The van der Waals surface area contributed by atoms with Crippen LogP contribution in [0.3, 0.4) is 0 Å². The second kappa shape index (κ2) is 40.4. The molecule has 0 unspecified atom stereocenters. The lowest BCUT2D eigenvalue weighted by Crippen LogP contribution is -2.16. The maximum absolute atomic E-state index is 9.85. The number of carbonyl (C=O) groups excluding carboxylic acids is 2. The molecule has 0 aromatic carbocycles. The number of ether oxygens (including phenoxy) is 3. The molecule has 1 N–H and O–H groups in total. The van der Waals surface area contributed by atoms with E-state index >= 15 is 0 Å². The van der Waals surface area contributed by atoms with Gasteiger partial charge >= 0.3 is 6.09 Å². The highest BCUT2D eigenvalue weighted by Crippen LogP contribution is 2.26. The van der Waals surface area contributed by atoms with E-state index in [9.17, 15) is 9.59 Å². The van der Waals surface area contributed by atoms with Gasteiger partial charge in [0.2, 0.25) is 12.3 Å². The molecule has 1 fully saturated rings. The van der Waals surface area contributed by atoms with Gasteiger partial charge in [-0.2, -0.15) is 0 Å². The van der Waals surface area contributed by atoms with Crippen LogP contribution in [-0.2, 0) is 19.0 Å². The molecule has 33 heavy (non-hydrogen) atoms. The molecule has 9 heteroatoms. The predicted octanol–water partition coefficient (Wildman–Crippen LogP) is 5.86. The minimum absolute atomic E-state index is 0.167. The molecule has 1 saturated carbocycles. The fraction of sp³-hybridized carbons (Fsp3) is 0.833. The molecule has 0 spiro atoms. The first-order valence-electron chi connectivity index (χ1n) is 11.6. The second-order valence-electron chi connectivity index (χ2n) is 6.65. The molecule has 0 atom stereocenters. The monoisotopic (exact) mass is 479 g/mol. The molecule has 0 bridgehead atoms. The number of unbranched alkanes of at least 4 members (excludes halogenated alkanes) is 1. The van der Waals surface area contributed by atoms with Crippen LogP contribution < -0.4 is 5.32 Å². The van der Waals surface area contributed by atoms with Gasteiger partial charge in [0.25, 0.3) is 0 Å². The van der Waals surface area contributed by atoms with Crippen LogP contribution in [0.1, 0.15) is 87.0 Å². The van der Waals surface area contributed by atoms with Crippen molar-refractivity contribution >= 4 is 11.9 Å². The number of hydrogen-bond acceptors (Lipinski definition) is 8. The van der Waals surface area contributed by atoms with Crippen LogP contribution in [0.2, 0.25) is 0 Å². The number of aryl methyl sites for hydroxylation is 1. The molecule has 1 aromatic heterocycles. The molecule has 1 aliphatic carbocycles. The van der Waals surface area contributed by atoms with Crippen LogP contribution in [0.15, 0.2) is 10.8 Å². The quantitative estimate of drug-likeness (QED) is 0.571. The van der Waals surface area contributed by atoms with Gasteiger partial charge in [-0.1, -0.05) is 46.5 Å². The number of nitrogens with one attached hydrogen (secondary N) is 1. The first-order valence-corrected chi connectivity index (χ1v) is 11.6. The summed E-state index contributed by atoms with van der Waals surface area (Å²) in [4.78, 5) is 19.3. The zero-order valence-electron chi connectivity index (χ0n) is 23.4. The Labute approximate surface area is 203 Å². The fourth-order valence-corrected chi connectivity index (χ4v) is 0.701. The maximum Gasteiger partial charge on any atom is 0.406 e. The molecular weight excluding hydrogens is 426 g/mol. The van der Waals surface area contributed by atoms with Gasteiger partial charge in [0, 0.05) is 40.9 Å². The maximum atomic E-state index is 9.85. The number of carbonyl (C=O) groups is 2. The van der Waals surface area contributed by atoms with Gasteiger partial charge in [0.15, 0.2) is 0 Å². The Morgan fingerprint density at radius 1 is 1.03 bits per heavy atom. The molecule has 1 amide bonds. The summed E-state index contributed by atoms with van der Waals surface area (Å²) in [6.45, 7) is 19.9. The number of rotatable bonds is 4. The van der Waals surface area contributed by atoms with Crippen molar-refractivity contribution in [3.63, 3.8) is 0 Å². The smallest absolute Gasteiger partial charge is 0.406 e. The number of hydrogen-bond donors (Lipinski definition) is 1. The van der Waals surface area contributed by atoms with Crippen LogP contribution in [0.4, 0.5) is 4.79 Å². The van der Waals surface area contributed by atoms with Crippen molar-refractivity contribution in [2.75, 3.05) is 41.1 Å². The first kappa shape index (κ1) is 41.3. The molecule has 0 aliphatic heterocycles. The summed E-state index contributed by atoms with van der Waals surface area (Å²) in [5.74, 6) is 1.86. The predicted molar refractivity (Wildman–Crippen MR) is 136 cm³/mol. The highest BCUT2D eigenvalue weighted by molar-refractivity contribution is 5.72. The van der Waals surface area contributed by atoms with E-state index in [1.54, 1.807) is 14.0 Å². The van der Waals surface area contributed by atoms with Crippen molar-refractivity contribution in [2.24, 2.45) is 5.92 Å². The first-order chi connectivity index (χ1) is 15.6. The number of amides is 1. The van der Waals surface area contributed by atoms with Gasteiger partial charge in [-0.3, -0.25) is 0 Å². The van der Waals surface area contributed by atoms with Gasteiger partial charge in [-0.05, 0) is 40.5 Å². The van der Waals surface area contributed by atoms with Crippen molar-refractivity contribution in [1.82, 2.24) is 15.5 Å². The Bertz CT molecular complexity index is 433. The number of ketones is 1. The standard InChI is InChI=1S/C4H10O.C4H8.C4H10.C3H4N2O.C3H7NO2.C3H8O.C3H6O/c1-3-5-4-2;1-4-2-3-4;1-3-4-2;1-3-5-4-2-6-3;1-4-3(5)6-2;1-3-4-2;1-3(2)4/h3-4H2,1-2H3;4H,2-3H2,1H3;3-4H2,1-2H3;2H,1H3;1-2H3,(H,4,5);3H2,1-2H3;1-2H3. The van der Waals surface area contributed by atoms with Gasteiger partial charge in [-0.25, -0.2) is 4.79 Å². The van der Waals surface area contributed by atoms with Crippen LogP contribution in [0.5, 0.6) is 0 Å². The lowest BCUT2D eigenvalue weighted by molar-refractivity contribution is -0.115. The van der Waals surface area contributed by atoms with Crippen molar-refractivity contribution in [3.8, 4) is 0 Å². The van der Waals surface area contributed by atoms with Crippen LogP contribution in [0.25, 0.3) is 0 Å². The zero-order chi connectivity index (χ0) is 26.9. The summed E-state index contributed by atoms with van der Waals surface area (Å²) in [5.41, 5.74) is 0. The molecule has 200 valence electrons.